The number of hydrogen-bond donors (Lipinski definition) is 0. The van der Waals surface area contributed by atoms with Gasteiger partial charge < -0.3 is 27.4 Å². The minimum absolute atomic E-state index is 0.490. The molecule has 12 heteroatoms. The quantitative estimate of drug-likeness (QED) is 0.116. The summed E-state index contributed by atoms with van der Waals surface area (Å²) in [6.45, 7) is 3.87. The molecule has 1 aliphatic heterocycles. The second-order valence-corrected chi connectivity index (χ2v) is 19.0. The number of ether oxygens (including phenoxy) is 1. The van der Waals surface area contributed by atoms with E-state index in [0.717, 1.165) is 0 Å². The van der Waals surface area contributed by atoms with E-state index in [4.69, 9.17) is 41.4 Å². The fourth-order valence-electron chi connectivity index (χ4n) is 5.25. The predicted octanol–water partition coefficient (Wildman–Crippen LogP) is 12.8. The van der Waals surface area contributed by atoms with E-state index in [1.165, 1.54) is 0 Å². The maximum atomic E-state index is 6.98. The Labute approximate surface area is 304 Å². The van der Waals surface area contributed by atoms with Crippen LogP contribution in [-0.2, 0) is 0 Å². The summed E-state index contributed by atoms with van der Waals surface area (Å²) >= 11 is 0. The van der Waals surface area contributed by atoms with Gasteiger partial charge in [0.2, 0.25) is 0 Å². The van der Waals surface area contributed by atoms with Crippen LogP contribution >= 0.6 is 22.4 Å². The monoisotopic (exact) mass is 749 g/mol. The van der Waals surface area contributed by atoms with Crippen LogP contribution in [0.15, 0.2) is 196 Å². The summed E-state index contributed by atoms with van der Waals surface area (Å²) in [7, 11) is -10.7. The van der Waals surface area contributed by atoms with Crippen LogP contribution in [0.4, 0.5) is 0 Å². The molecule has 1 aliphatic rings. The highest BCUT2D eigenvalue weighted by atomic mass is 31.2. The Balaban J connectivity index is 1.57. The van der Waals surface area contributed by atoms with Crippen molar-refractivity contribution in [1.29, 1.82) is 0 Å². The zero-order chi connectivity index (χ0) is 35.7. The van der Waals surface area contributed by atoms with Gasteiger partial charge in [-0.25, -0.2) is 4.74 Å². The third kappa shape index (κ3) is 8.63. The van der Waals surface area contributed by atoms with Crippen LogP contribution in [-0.4, -0.2) is 18.4 Å². The van der Waals surface area contributed by atoms with Gasteiger partial charge in [-0.3, -0.25) is 0 Å². The van der Waals surface area contributed by atoms with Crippen molar-refractivity contribution in [2.75, 3.05) is 6.66 Å². The number of para-hydroxylation sites is 6. The van der Waals surface area contributed by atoms with Crippen molar-refractivity contribution >= 4 is 22.4 Å². The second-order valence-electron chi connectivity index (χ2n) is 11.7. The highest BCUT2D eigenvalue weighted by molar-refractivity contribution is 7.70. The zero-order valence-electron chi connectivity index (χ0n) is 28.6. The van der Waals surface area contributed by atoms with Gasteiger partial charge in [0.25, 0.3) is 5.97 Å². The number of nitrogens with zero attached hydrogens (tertiary/aromatic N) is 3. The molecule has 0 spiro atoms. The van der Waals surface area contributed by atoms with E-state index in [9.17, 15) is 0 Å². The van der Waals surface area contributed by atoms with E-state index in [1.807, 2.05) is 196 Å². The summed E-state index contributed by atoms with van der Waals surface area (Å²) in [6, 6.07) is 56.6. The lowest BCUT2D eigenvalue weighted by Crippen LogP contribution is -2.23. The Kier molecular flexibility index (Phi) is 10.8. The summed E-state index contributed by atoms with van der Waals surface area (Å²) in [5.41, 5.74) is 0. The molecule has 0 saturated heterocycles. The van der Waals surface area contributed by atoms with Gasteiger partial charge in [0, 0.05) is 6.66 Å². The van der Waals surface area contributed by atoms with E-state index >= 15 is 0 Å². The van der Waals surface area contributed by atoms with Gasteiger partial charge in [0.15, 0.2) is 13.1 Å². The van der Waals surface area contributed by atoms with Gasteiger partial charge in [-0.1, -0.05) is 109 Å². The van der Waals surface area contributed by atoms with E-state index < -0.39 is 34.2 Å². The first-order valence-electron chi connectivity index (χ1n) is 16.7. The summed E-state index contributed by atoms with van der Waals surface area (Å²) in [6.07, 6.45) is 0. The minimum atomic E-state index is -3.90. The van der Waals surface area contributed by atoms with Crippen molar-refractivity contribution in [3.05, 3.63) is 182 Å². The third-order valence-electron chi connectivity index (χ3n) is 7.67. The van der Waals surface area contributed by atoms with E-state index in [-0.39, 0.29) is 0 Å². The van der Waals surface area contributed by atoms with Crippen LogP contribution in [0, 0.1) is 0 Å². The molecule has 1 heterocycles. The Morgan fingerprint density at radius 1 is 0.404 bits per heavy atom. The van der Waals surface area contributed by atoms with Crippen LogP contribution in [0.5, 0.6) is 34.5 Å². The lowest BCUT2D eigenvalue weighted by molar-refractivity contribution is 0.276. The van der Waals surface area contributed by atoms with E-state index in [0.29, 0.717) is 34.5 Å². The molecular weight excluding hydrogens is 711 g/mol. The standard InChI is InChI=1S/C40H38N3O6P3/c1-33-41-50(2,45-35-23-11-4-12-24-35)40(44-34-21-9-3-10-22-34)42-52(48-38-29-17-7-18-30-38,49-39-31-19-8-20-32-39)43-51(33,46-36-25-13-5-14-26-36)47-37-27-15-6-16-28-37/h3-33,40H,1-2H3. The van der Waals surface area contributed by atoms with Crippen molar-refractivity contribution in [2.45, 2.75) is 18.7 Å². The highest BCUT2D eigenvalue weighted by Gasteiger charge is 2.47. The molecule has 0 aromatic heterocycles. The largest absolute Gasteiger partial charge is 0.460 e. The maximum absolute atomic E-state index is 6.98. The summed E-state index contributed by atoms with van der Waals surface area (Å²) in [5, 5.41) is 0. The Morgan fingerprint density at radius 2 is 0.731 bits per heavy atom. The van der Waals surface area contributed by atoms with Crippen LogP contribution < -0.4 is 27.4 Å². The van der Waals surface area contributed by atoms with Crippen molar-refractivity contribution in [3.63, 3.8) is 0 Å². The lowest BCUT2D eigenvalue weighted by Gasteiger charge is -2.37. The third-order valence-corrected chi connectivity index (χ3v) is 15.8. The molecular formula is C40H38N3O6P3. The SMILES string of the molecule is CC1N=P(C)(Oc2ccccc2)C(Oc2ccccc2)N=P(Oc2ccccc2)(Oc2ccccc2)N=P1(Oc1ccccc1)Oc1ccccc1. The van der Waals surface area contributed by atoms with Crippen molar-refractivity contribution in [2.24, 2.45) is 14.0 Å². The second kappa shape index (κ2) is 16.0. The molecule has 3 unspecified atom stereocenters. The topological polar surface area (TPSA) is 92.5 Å². The van der Waals surface area contributed by atoms with Crippen LogP contribution in [0.3, 0.4) is 0 Å². The smallest absolute Gasteiger partial charge is 0.452 e. The van der Waals surface area contributed by atoms with Crippen molar-refractivity contribution < 1.29 is 27.4 Å². The van der Waals surface area contributed by atoms with Gasteiger partial charge in [-0.05, 0) is 79.7 Å². The molecule has 6 aromatic rings. The molecule has 6 aromatic carbocycles. The number of benzene rings is 6. The zero-order valence-corrected chi connectivity index (χ0v) is 31.3. The average Bonchev–Trinajstić information content (AvgIpc) is 3.16. The summed E-state index contributed by atoms with van der Waals surface area (Å²) < 4.78 is 57.8. The van der Waals surface area contributed by atoms with Crippen molar-refractivity contribution in [3.8, 4) is 34.5 Å². The molecule has 7 rings (SSSR count). The first-order chi connectivity index (χ1) is 25.4. The molecule has 0 N–H and O–H groups in total. The Bertz CT molecular complexity index is 2120. The van der Waals surface area contributed by atoms with Gasteiger partial charge in [-0.15, -0.1) is 4.52 Å². The molecule has 0 saturated carbocycles. The summed E-state index contributed by atoms with van der Waals surface area (Å²) in [4.78, 5) is 0. The number of hydrogen-bond acceptors (Lipinski definition) is 9. The van der Waals surface area contributed by atoms with Gasteiger partial charge in [0.05, 0.1) is 0 Å². The minimum Gasteiger partial charge on any atom is -0.460 e. The van der Waals surface area contributed by atoms with E-state index in [1.54, 1.807) is 0 Å². The molecule has 3 atom stereocenters. The average molecular weight is 750 g/mol. The van der Waals surface area contributed by atoms with Crippen LogP contribution in [0.2, 0.25) is 0 Å². The lowest BCUT2D eigenvalue weighted by atomic mass is 10.3. The van der Waals surface area contributed by atoms with Crippen LogP contribution in [0.25, 0.3) is 0 Å². The van der Waals surface area contributed by atoms with Gasteiger partial charge >= 0.3 is 15.2 Å². The normalized spacial score (nSPS) is 20.2. The fourth-order valence-corrected chi connectivity index (χ4v) is 14.4. The molecule has 264 valence electrons. The molecule has 0 amide bonds. The van der Waals surface area contributed by atoms with E-state index in [2.05, 4.69) is 0 Å². The van der Waals surface area contributed by atoms with Crippen molar-refractivity contribution in [1.82, 2.24) is 0 Å². The summed E-state index contributed by atoms with van der Waals surface area (Å²) in [5.74, 6) is 1.48. The van der Waals surface area contributed by atoms with Gasteiger partial charge in [-0.2, -0.15) is 4.74 Å². The molecule has 0 aliphatic carbocycles. The Morgan fingerprint density at radius 3 is 1.12 bits per heavy atom. The molecule has 9 nitrogen and oxygen atoms in total. The first-order valence-corrected chi connectivity index (χ1v) is 22.0. The number of rotatable bonds is 12. The maximum Gasteiger partial charge on any atom is 0.452 e. The molecule has 52 heavy (non-hydrogen) atoms. The molecule has 0 radical (unpaired) electrons. The van der Waals surface area contributed by atoms with Gasteiger partial charge in [0.1, 0.15) is 34.5 Å². The Hall–Kier alpha value is -5.19. The fraction of sp³-hybridized carbons (Fsp3) is 0.100. The molecule has 0 bridgehead atoms. The highest BCUT2D eigenvalue weighted by Crippen LogP contribution is 2.72. The first kappa shape index (κ1) is 35.2. The molecule has 0 fully saturated rings. The predicted molar refractivity (Wildman–Crippen MR) is 210 cm³/mol. The van der Waals surface area contributed by atoms with Crippen LogP contribution in [0.1, 0.15) is 6.92 Å².